The summed E-state index contributed by atoms with van der Waals surface area (Å²) in [6.07, 6.45) is 6.44. The normalized spacial score (nSPS) is 10.3. The number of ether oxygens (including phenoxy) is 1. The van der Waals surface area contributed by atoms with E-state index < -0.39 is 0 Å². The van der Waals surface area contributed by atoms with Crippen LogP contribution in [0.5, 0.6) is 5.75 Å². The molecule has 0 unspecified atom stereocenters. The minimum atomic E-state index is 0.943. The third-order valence-corrected chi connectivity index (χ3v) is 3.07. The maximum atomic E-state index is 5.12. The Hall–Kier alpha value is -0.500. The van der Waals surface area contributed by atoms with Crippen LogP contribution in [-0.4, -0.2) is 12.4 Å². The summed E-state index contributed by atoms with van der Waals surface area (Å²) >= 11 is 3.45. The highest BCUT2D eigenvalue weighted by molar-refractivity contribution is 9.09. The number of benzene rings is 1. The van der Waals surface area contributed by atoms with Gasteiger partial charge < -0.3 is 4.74 Å². The molecule has 0 N–H and O–H groups in total. The number of unbranched alkanes of at least 4 members (excludes halogenated alkanes) is 3. The van der Waals surface area contributed by atoms with E-state index in [-0.39, 0.29) is 0 Å². The maximum absolute atomic E-state index is 5.12. The molecule has 0 atom stereocenters. The zero-order valence-electron chi connectivity index (χ0n) is 9.34. The molecule has 0 fully saturated rings. The Bertz CT molecular complexity index is 256. The van der Waals surface area contributed by atoms with Crippen molar-refractivity contribution in [1.29, 1.82) is 0 Å². The number of hydrogen-bond acceptors (Lipinski definition) is 1. The molecule has 15 heavy (non-hydrogen) atoms. The first-order valence-electron chi connectivity index (χ1n) is 5.55. The van der Waals surface area contributed by atoms with Crippen LogP contribution in [0, 0.1) is 0 Å². The topological polar surface area (TPSA) is 9.23 Å². The fourth-order valence-electron chi connectivity index (χ4n) is 1.57. The number of rotatable bonds is 7. The van der Waals surface area contributed by atoms with Crippen LogP contribution in [0.4, 0.5) is 0 Å². The van der Waals surface area contributed by atoms with E-state index in [1.807, 2.05) is 12.1 Å². The summed E-state index contributed by atoms with van der Waals surface area (Å²) in [6.45, 7) is 0. The van der Waals surface area contributed by atoms with Crippen LogP contribution in [0.25, 0.3) is 0 Å². The first kappa shape index (κ1) is 12.6. The van der Waals surface area contributed by atoms with Crippen molar-refractivity contribution < 1.29 is 4.74 Å². The van der Waals surface area contributed by atoms with Gasteiger partial charge in [0.1, 0.15) is 5.75 Å². The molecule has 2 heteroatoms. The lowest BCUT2D eigenvalue weighted by atomic mass is 10.1. The van der Waals surface area contributed by atoms with Crippen molar-refractivity contribution in [2.75, 3.05) is 12.4 Å². The first-order chi connectivity index (χ1) is 7.36. The Labute approximate surface area is 101 Å². The van der Waals surface area contributed by atoms with Gasteiger partial charge in [0, 0.05) is 5.33 Å². The molecule has 1 aromatic rings. The third kappa shape index (κ3) is 5.22. The quantitative estimate of drug-likeness (QED) is 0.533. The molecule has 1 nitrogen and oxygen atoms in total. The van der Waals surface area contributed by atoms with Gasteiger partial charge in [0.05, 0.1) is 7.11 Å². The molecule has 0 spiro atoms. The van der Waals surface area contributed by atoms with E-state index in [9.17, 15) is 0 Å². The SMILES string of the molecule is COc1ccc(CCCCCCBr)cc1. The van der Waals surface area contributed by atoms with Gasteiger partial charge in [0.25, 0.3) is 0 Å². The Morgan fingerprint density at radius 1 is 1.00 bits per heavy atom. The van der Waals surface area contributed by atoms with Crippen LogP contribution in [-0.2, 0) is 6.42 Å². The summed E-state index contributed by atoms with van der Waals surface area (Å²) in [7, 11) is 1.70. The summed E-state index contributed by atoms with van der Waals surface area (Å²) in [5.74, 6) is 0.943. The second-order valence-corrected chi connectivity index (χ2v) is 4.49. The smallest absolute Gasteiger partial charge is 0.118 e. The Balaban J connectivity index is 2.20. The third-order valence-electron chi connectivity index (χ3n) is 2.51. The fraction of sp³-hybridized carbons (Fsp3) is 0.538. The number of halogens is 1. The molecule has 0 aromatic heterocycles. The number of methoxy groups -OCH3 is 1. The lowest BCUT2D eigenvalue weighted by molar-refractivity contribution is 0.414. The molecule has 0 heterocycles. The average Bonchev–Trinajstić information content (AvgIpc) is 2.30. The summed E-state index contributed by atoms with van der Waals surface area (Å²) in [5.41, 5.74) is 1.41. The van der Waals surface area contributed by atoms with Gasteiger partial charge in [-0.05, 0) is 37.0 Å². The molecule has 0 aliphatic heterocycles. The van der Waals surface area contributed by atoms with Crippen LogP contribution in [0.1, 0.15) is 31.2 Å². The molecule has 0 radical (unpaired) electrons. The monoisotopic (exact) mass is 270 g/mol. The molecule has 0 aliphatic carbocycles. The van der Waals surface area contributed by atoms with Gasteiger partial charge in [-0.15, -0.1) is 0 Å². The predicted octanol–water partition coefficient (Wildman–Crippen LogP) is 4.19. The van der Waals surface area contributed by atoms with Crippen LogP contribution < -0.4 is 4.74 Å². The van der Waals surface area contributed by atoms with Crippen molar-refractivity contribution in [2.45, 2.75) is 32.1 Å². The van der Waals surface area contributed by atoms with Crippen molar-refractivity contribution in [2.24, 2.45) is 0 Å². The molecule has 0 aliphatic rings. The number of alkyl halides is 1. The van der Waals surface area contributed by atoms with E-state index in [0.29, 0.717) is 0 Å². The van der Waals surface area contributed by atoms with Gasteiger partial charge >= 0.3 is 0 Å². The van der Waals surface area contributed by atoms with Crippen LogP contribution in [0.15, 0.2) is 24.3 Å². The van der Waals surface area contributed by atoms with Gasteiger partial charge in [-0.2, -0.15) is 0 Å². The molecule has 1 rings (SSSR count). The highest BCUT2D eigenvalue weighted by Gasteiger charge is 1.95. The number of aryl methyl sites for hydroxylation is 1. The Kier molecular flexibility index (Phi) is 6.49. The van der Waals surface area contributed by atoms with E-state index in [1.54, 1.807) is 7.11 Å². The molecule has 0 bridgehead atoms. The molecule has 84 valence electrons. The largest absolute Gasteiger partial charge is 0.497 e. The van der Waals surface area contributed by atoms with Crippen LogP contribution in [0.2, 0.25) is 0 Å². The summed E-state index contributed by atoms with van der Waals surface area (Å²) in [4.78, 5) is 0. The van der Waals surface area contributed by atoms with Gasteiger partial charge in [0.15, 0.2) is 0 Å². The second kappa shape index (κ2) is 7.75. The fourth-order valence-corrected chi connectivity index (χ4v) is 1.97. The molecule has 1 aromatic carbocycles. The molecule has 0 amide bonds. The van der Waals surface area contributed by atoms with E-state index in [2.05, 4.69) is 28.1 Å². The highest BCUT2D eigenvalue weighted by atomic mass is 79.9. The number of hydrogen-bond donors (Lipinski definition) is 0. The van der Waals surface area contributed by atoms with E-state index >= 15 is 0 Å². The van der Waals surface area contributed by atoms with Crippen molar-refractivity contribution in [3.63, 3.8) is 0 Å². The molecule has 0 saturated heterocycles. The van der Waals surface area contributed by atoms with Gasteiger partial charge in [-0.1, -0.05) is 40.9 Å². The standard InChI is InChI=1S/C13H19BrO/c1-15-13-9-7-12(8-10-13)6-4-2-3-5-11-14/h7-10H,2-6,11H2,1H3. The van der Waals surface area contributed by atoms with Crippen molar-refractivity contribution >= 4 is 15.9 Å². The van der Waals surface area contributed by atoms with Crippen LogP contribution >= 0.6 is 15.9 Å². The Morgan fingerprint density at radius 2 is 1.67 bits per heavy atom. The second-order valence-electron chi connectivity index (χ2n) is 3.70. The Morgan fingerprint density at radius 3 is 2.27 bits per heavy atom. The summed E-state index contributed by atoms with van der Waals surface area (Å²) in [5, 5.41) is 1.13. The minimum absolute atomic E-state index is 0.943. The van der Waals surface area contributed by atoms with Crippen molar-refractivity contribution in [3.8, 4) is 5.75 Å². The zero-order valence-corrected chi connectivity index (χ0v) is 10.9. The van der Waals surface area contributed by atoms with Gasteiger partial charge in [-0.3, -0.25) is 0 Å². The molecule has 0 saturated carbocycles. The first-order valence-corrected chi connectivity index (χ1v) is 6.68. The van der Waals surface area contributed by atoms with Crippen molar-refractivity contribution in [1.82, 2.24) is 0 Å². The van der Waals surface area contributed by atoms with E-state index in [1.165, 1.54) is 37.7 Å². The minimum Gasteiger partial charge on any atom is -0.497 e. The van der Waals surface area contributed by atoms with Crippen molar-refractivity contribution in [3.05, 3.63) is 29.8 Å². The molecular formula is C13H19BrO. The lowest BCUT2D eigenvalue weighted by Crippen LogP contribution is -1.87. The lowest BCUT2D eigenvalue weighted by Gasteiger charge is -2.03. The van der Waals surface area contributed by atoms with E-state index in [0.717, 1.165) is 11.1 Å². The van der Waals surface area contributed by atoms with Gasteiger partial charge in [0.2, 0.25) is 0 Å². The maximum Gasteiger partial charge on any atom is 0.118 e. The van der Waals surface area contributed by atoms with E-state index in [4.69, 9.17) is 4.74 Å². The van der Waals surface area contributed by atoms with Gasteiger partial charge in [-0.25, -0.2) is 0 Å². The van der Waals surface area contributed by atoms with Crippen LogP contribution in [0.3, 0.4) is 0 Å². The molecular weight excluding hydrogens is 252 g/mol. The zero-order chi connectivity index (χ0) is 10.9. The summed E-state index contributed by atoms with van der Waals surface area (Å²) in [6, 6.07) is 8.38. The predicted molar refractivity (Wildman–Crippen MR) is 69.0 cm³/mol. The summed E-state index contributed by atoms with van der Waals surface area (Å²) < 4.78 is 5.12. The average molecular weight is 271 g/mol. The highest BCUT2D eigenvalue weighted by Crippen LogP contribution is 2.14.